The Balaban J connectivity index is 1.66. The van der Waals surface area contributed by atoms with Crippen LogP contribution >= 0.6 is 27.5 Å². The molecule has 3 rings (SSSR count). The van der Waals surface area contributed by atoms with Gasteiger partial charge in [0.05, 0.1) is 10.6 Å². The lowest BCUT2D eigenvalue weighted by Gasteiger charge is -2.15. The van der Waals surface area contributed by atoms with E-state index < -0.39 is 0 Å². The van der Waals surface area contributed by atoms with Crippen LogP contribution in [-0.2, 0) is 6.54 Å². The Kier molecular flexibility index (Phi) is 5.74. The number of carbonyl (C=O) groups is 1. The highest BCUT2D eigenvalue weighted by Crippen LogP contribution is 2.25. The number of halogens is 2. The fraction of sp³-hybridized carbons (Fsp3) is 0.333. The van der Waals surface area contributed by atoms with Crippen LogP contribution in [-0.4, -0.2) is 17.0 Å². The maximum Gasteiger partial charge on any atom is 0.253 e. The lowest BCUT2D eigenvalue weighted by atomic mass is 10.2. The van der Waals surface area contributed by atoms with Crippen LogP contribution in [0.25, 0.3) is 0 Å². The molecule has 2 aromatic rings. The summed E-state index contributed by atoms with van der Waals surface area (Å²) in [6, 6.07) is 8.95. The standard InChI is InChI=1S/C18H18BrClN2O2/c19-13-7-8-15(16(20)10-13)17(23)22-11-12-4-3-9-21-18(12)24-14-5-1-2-6-14/h3-4,7-10,14H,1-2,5-6,11H2,(H,22,23). The molecule has 1 aliphatic rings. The van der Waals surface area contributed by atoms with E-state index in [1.165, 1.54) is 12.8 Å². The number of ether oxygens (including phenoxy) is 1. The van der Waals surface area contributed by atoms with E-state index in [4.69, 9.17) is 16.3 Å². The van der Waals surface area contributed by atoms with E-state index >= 15 is 0 Å². The number of hydrogen-bond donors (Lipinski definition) is 1. The maximum atomic E-state index is 12.3. The number of nitrogens with zero attached hydrogens (tertiary/aromatic N) is 1. The van der Waals surface area contributed by atoms with Crippen molar-refractivity contribution < 1.29 is 9.53 Å². The summed E-state index contributed by atoms with van der Waals surface area (Å²) in [7, 11) is 0. The molecule has 1 amide bonds. The second-order valence-corrected chi connectivity index (χ2v) is 7.12. The average molecular weight is 410 g/mol. The lowest BCUT2D eigenvalue weighted by Crippen LogP contribution is -2.24. The molecule has 24 heavy (non-hydrogen) atoms. The molecule has 1 heterocycles. The number of amides is 1. The van der Waals surface area contributed by atoms with E-state index in [9.17, 15) is 4.79 Å². The summed E-state index contributed by atoms with van der Waals surface area (Å²) < 4.78 is 6.83. The number of aromatic nitrogens is 1. The number of nitrogens with one attached hydrogen (secondary N) is 1. The molecule has 1 aromatic carbocycles. The third-order valence-corrected chi connectivity index (χ3v) is 4.85. The SMILES string of the molecule is O=C(NCc1cccnc1OC1CCCC1)c1ccc(Br)cc1Cl. The molecule has 0 spiro atoms. The van der Waals surface area contributed by atoms with Gasteiger partial charge < -0.3 is 10.1 Å². The molecule has 0 aliphatic heterocycles. The smallest absolute Gasteiger partial charge is 0.253 e. The molecule has 0 atom stereocenters. The maximum absolute atomic E-state index is 12.3. The number of rotatable bonds is 5. The first kappa shape index (κ1) is 17.2. The molecule has 6 heteroatoms. The van der Waals surface area contributed by atoms with Crippen molar-refractivity contribution in [3.05, 3.63) is 57.2 Å². The Morgan fingerprint density at radius 2 is 2.12 bits per heavy atom. The molecule has 4 nitrogen and oxygen atoms in total. The van der Waals surface area contributed by atoms with Gasteiger partial charge in [0.1, 0.15) is 6.10 Å². The van der Waals surface area contributed by atoms with Crippen LogP contribution in [0.15, 0.2) is 41.0 Å². The van der Waals surface area contributed by atoms with Gasteiger partial charge in [-0.05, 0) is 49.9 Å². The summed E-state index contributed by atoms with van der Waals surface area (Å²) in [5.41, 5.74) is 1.31. The van der Waals surface area contributed by atoms with Crippen LogP contribution in [0.4, 0.5) is 0 Å². The molecule has 1 saturated carbocycles. The molecule has 1 fully saturated rings. The van der Waals surface area contributed by atoms with Crippen molar-refractivity contribution in [2.24, 2.45) is 0 Å². The predicted molar refractivity (Wildman–Crippen MR) is 97.4 cm³/mol. The summed E-state index contributed by atoms with van der Waals surface area (Å²) in [5, 5.41) is 3.29. The summed E-state index contributed by atoms with van der Waals surface area (Å²) in [5.74, 6) is 0.384. The lowest BCUT2D eigenvalue weighted by molar-refractivity contribution is 0.0950. The van der Waals surface area contributed by atoms with E-state index in [0.717, 1.165) is 22.9 Å². The second kappa shape index (κ2) is 7.99. The Morgan fingerprint density at radius 1 is 1.33 bits per heavy atom. The van der Waals surface area contributed by atoms with Gasteiger partial charge in [-0.15, -0.1) is 0 Å². The Morgan fingerprint density at radius 3 is 2.88 bits per heavy atom. The van der Waals surface area contributed by atoms with Crippen molar-refractivity contribution in [2.45, 2.75) is 38.3 Å². The van der Waals surface area contributed by atoms with Crippen LogP contribution in [0.1, 0.15) is 41.6 Å². The topological polar surface area (TPSA) is 51.2 Å². The highest BCUT2D eigenvalue weighted by atomic mass is 79.9. The van der Waals surface area contributed by atoms with Gasteiger partial charge in [-0.1, -0.05) is 33.6 Å². The molecule has 0 radical (unpaired) electrons. The van der Waals surface area contributed by atoms with Crippen molar-refractivity contribution in [1.82, 2.24) is 10.3 Å². The molecule has 1 aliphatic carbocycles. The Hall–Kier alpha value is -1.59. The van der Waals surface area contributed by atoms with Gasteiger partial charge in [0.25, 0.3) is 5.91 Å². The van der Waals surface area contributed by atoms with Crippen molar-refractivity contribution in [3.8, 4) is 5.88 Å². The zero-order chi connectivity index (χ0) is 16.9. The Labute approximate surface area is 154 Å². The molecule has 0 bridgehead atoms. The van der Waals surface area contributed by atoms with Gasteiger partial charge in [0.15, 0.2) is 0 Å². The van der Waals surface area contributed by atoms with Crippen LogP contribution in [0, 0.1) is 0 Å². The fourth-order valence-corrected chi connectivity index (χ4v) is 3.53. The highest BCUT2D eigenvalue weighted by molar-refractivity contribution is 9.10. The summed E-state index contributed by atoms with van der Waals surface area (Å²) in [6.07, 6.45) is 6.47. The molecule has 0 unspecified atom stereocenters. The van der Waals surface area contributed by atoms with Gasteiger partial charge >= 0.3 is 0 Å². The van der Waals surface area contributed by atoms with E-state index in [0.29, 0.717) is 23.0 Å². The van der Waals surface area contributed by atoms with Crippen LogP contribution < -0.4 is 10.1 Å². The Bertz CT molecular complexity index is 733. The van der Waals surface area contributed by atoms with Crippen LogP contribution in [0.3, 0.4) is 0 Å². The van der Waals surface area contributed by atoms with E-state index in [-0.39, 0.29) is 12.0 Å². The van der Waals surface area contributed by atoms with Crippen molar-refractivity contribution >= 4 is 33.4 Å². The summed E-state index contributed by atoms with van der Waals surface area (Å²) in [6.45, 7) is 0.348. The van der Waals surface area contributed by atoms with E-state index in [1.807, 2.05) is 12.1 Å². The molecule has 126 valence electrons. The van der Waals surface area contributed by atoms with Gasteiger partial charge in [-0.3, -0.25) is 4.79 Å². The van der Waals surface area contributed by atoms with Gasteiger partial charge in [-0.2, -0.15) is 0 Å². The number of carbonyl (C=O) groups excluding carboxylic acids is 1. The second-order valence-electron chi connectivity index (χ2n) is 5.80. The van der Waals surface area contributed by atoms with Gasteiger partial charge in [0.2, 0.25) is 5.88 Å². The molecular formula is C18H18BrClN2O2. The summed E-state index contributed by atoms with van der Waals surface area (Å²) in [4.78, 5) is 16.7. The van der Waals surface area contributed by atoms with Crippen molar-refractivity contribution in [3.63, 3.8) is 0 Å². The molecule has 1 aromatic heterocycles. The van der Waals surface area contributed by atoms with Gasteiger partial charge in [0, 0.05) is 22.8 Å². The monoisotopic (exact) mass is 408 g/mol. The van der Waals surface area contributed by atoms with Crippen molar-refractivity contribution in [1.29, 1.82) is 0 Å². The van der Waals surface area contributed by atoms with Crippen LogP contribution in [0.2, 0.25) is 5.02 Å². The zero-order valence-corrected chi connectivity index (χ0v) is 15.4. The summed E-state index contributed by atoms with van der Waals surface area (Å²) >= 11 is 9.45. The highest BCUT2D eigenvalue weighted by Gasteiger charge is 2.19. The molecule has 0 saturated heterocycles. The molecule has 1 N–H and O–H groups in total. The fourth-order valence-electron chi connectivity index (χ4n) is 2.77. The van der Waals surface area contributed by atoms with Crippen LogP contribution in [0.5, 0.6) is 5.88 Å². The average Bonchev–Trinajstić information content (AvgIpc) is 3.07. The normalized spacial score (nSPS) is 14.6. The number of benzene rings is 1. The molecular weight excluding hydrogens is 392 g/mol. The van der Waals surface area contributed by atoms with E-state index in [2.05, 4.69) is 26.2 Å². The first-order valence-corrected chi connectivity index (χ1v) is 9.14. The number of pyridine rings is 1. The third kappa shape index (κ3) is 4.28. The minimum atomic E-state index is -0.219. The van der Waals surface area contributed by atoms with E-state index in [1.54, 1.807) is 24.4 Å². The number of hydrogen-bond acceptors (Lipinski definition) is 3. The quantitative estimate of drug-likeness (QED) is 0.775. The first-order chi connectivity index (χ1) is 11.6. The zero-order valence-electron chi connectivity index (χ0n) is 13.1. The minimum absolute atomic E-state index is 0.219. The van der Waals surface area contributed by atoms with Crippen molar-refractivity contribution in [2.75, 3.05) is 0 Å². The van der Waals surface area contributed by atoms with Gasteiger partial charge in [-0.25, -0.2) is 4.98 Å². The minimum Gasteiger partial charge on any atom is -0.474 e. The third-order valence-electron chi connectivity index (χ3n) is 4.05. The largest absolute Gasteiger partial charge is 0.474 e. The first-order valence-electron chi connectivity index (χ1n) is 7.97. The predicted octanol–water partition coefficient (Wildman–Crippen LogP) is 4.75.